The minimum absolute atomic E-state index is 0.195. The molecule has 1 atom stereocenters. The van der Waals surface area contributed by atoms with E-state index in [1.54, 1.807) is 7.11 Å². The van der Waals surface area contributed by atoms with E-state index in [1.165, 1.54) is 0 Å². The zero-order chi connectivity index (χ0) is 20.6. The van der Waals surface area contributed by atoms with Crippen LogP contribution >= 0.6 is 0 Å². The van der Waals surface area contributed by atoms with Crippen molar-refractivity contribution in [3.8, 4) is 0 Å². The molecule has 28 heavy (non-hydrogen) atoms. The molecule has 0 aromatic heterocycles. The minimum atomic E-state index is -0.607. The zero-order valence-electron chi connectivity index (χ0n) is 17.7. The number of hydrogen-bond donors (Lipinski definition) is 0. The molecule has 1 fully saturated rings. The van der Waals surface area contributed by atoms with Crippen LogP contribution in [0, 0.1) is 11.3 Å². The standard InChI is InChI=1S/C23H34O5/c1-22(2,3)28-20(24)19(12-15-26-4)16-23(13-8-9-14-23)21(25)27-17-18-10-6-5-7-11-18/h5-7,10-11,19H,8-9,12-17H2,1-4H3. The number of carbonyl (C=O) groups is 2. The van der Waals surface area contributed by atoms with Gasteiger partial charge in [-0.25, -0.2) is 0 Å². The fourth-order valence-electron chi connectivity index (χ4n) is 3.84. The normalized spacial score (nSPS) is 17.1. The maximum Gasteiger partial charge on any atom is 0.312 e. The molecule has 5 heteroatoms. The van der Waals surface area contributed by atoms with Crippen LogP contribution in [0.5, 0.6) is 0 Å². The first-order chi connectivity index (χ1) is 13.3. The van der Waals surface area contributed by atoms with Gasteiger partial charge in [0.05, 0.1) is 11.3 Å². The molecule has 0 radical (unpaired) electrons. The van der Waals surface area contributed by atoms with Gasteiger partial charge in [-0.15, -0.1) is 0 Å². The van der Waals surface area contributed by atoms with Crippen molar-refractivity contribution in [2.24, 2.45) is 11.3 Å². The molecule has 1 aliphatic carbocycles. The molecule has 0 aliphatic heterocycles. The Bertz CT molecular complexity index is 626. The fourth-order valence-corrected chi connectivity index (χ4v) is 3.84. The summed E-state index contributed by atoms with van der Waals surface area (Å²) in [6, 6.07) is 9.67. The molecular formula is C23H34O5. The average Bonchev–Trinajstić information content (AvgIpc) is 3.12. The first kappa shape index (κ1) is 22.4. The van der Waals surface area contributed by atoms with E-state index in [0.29, 0.717) is 19.4 Å². The highest BCUT2D eigenvalue weighted by atomic mass is 16.6. The highest BCUT2D eigenvalue weighted by Crippen LogP contribution is 2.45. The summed E-state index contributed by atoms with van der Waals surface area (Å²) in [4.78, 5) is 25.8. The second-order valence-corrected chi connectivity index (χ2v) is 8.77. The van der Waals surface area contributed by atoms with Crippen LogP contribution < -0.4 is 0 Å². The van der Waals surface area contributed by atoms with E-state index in [4.69, 9.17) is 14.2 Å². The van der Waals surface area contributed by atoms with Crippen LogP contribution in [0.3, 0.4) is 0 Å². The molecule has 0 N–H and O–H groups in total. The lowest BCUT2D eigenvalue weighted by atomic mass is 9.76. The van der Waals surface area contributed by atoms with Crippen LogP contribution in [0.15, 0.2) is 30.3 Å². The predicted octanol–water partition coefficient (Wildman–Crippen LogP) is 4.67. The monoisotopic (exact) mass is 390 g/mol. The number of ether oxygens (including phenoxy) is 3. The summed E-state index contributed by atoms with van der Waals surface area (Å²) < 4.78 is 16.5. The van der Waals surface area contributed by atoms with Gasteiger partial charge >= 0.3 is 11.9 Å². The van der Waals surface area contributed by atoms with Crippen molar-refractivity contribution in [1.29, 1.82) is 0 Å². The van der Waals surface area contributed by atoms with Crippen LogP contribution in [-0.4, -0.2) is 31.3 Å². The largest absolute Gasteiger partial charge is 0.460 e. The van der Waals surface area contributed by atoms with Gasteiger partial charge in [0.15, 0.2) is 0 Å². The molecule has 1 aromatic carbocycles. The maximum absolute atomic E-state index is 13.1. The lowest BCUT2D eigenvalue weighted by Gasteiger charge is -2.31. The van der Waals surface area contributed by atoms with Gasteiger partial charge in [0.25, 0.3) is 0 Å². The molecule has 2 rings (SSSR count). The SMILES string of the molecule is COCCC(CC1(C(=O)OCc2ccccc2)CCCC1)C(=O)OC(C)(C)C. The van der Waals surface area contributed by atoms with Crippen molar-refractivity contribution in [2.45, 2.75) is 71.5 Å². The van der Waals surface area contributed by atoms with Crippen LogP contribution in [0.1, 0.15) is 64.9 Å². The van der Waals surface area contributed by atoms with Crippen molar-refractivity contribution in [2.75, 3.05) is 13.7 Å². The molecule has 0 saturated heterocycles. The Morgan fingerprint density at radius 3 is 2.32 bits per heavy atom. The molecule has 156 valence electrons. The van der Waals surface area contributed by atoms with E-state index < -0.39 is 11.0 Å². The summed E-state index contributed by atoms with van der Waals surface area (Å²) in [5.41, 5.74) is -0.199. The zero-order valence-corrected chi connectivity index (χ0v) is 17.7. The van der Waals surface area contributed by atoms with E-state index in [9.17, 15) is 9.59 Å². The van der Waals surface area contributed by atoms with Gasteiger partial charge in [-0.3, -0.25) is 9.59 Å². The average molecular weight is 391 g/mol. The Morgan fingerprint density at radius 1 is 1.11 bits per heavy atom. The van der Waals surface area contributed by atoms with Gasteiger partial charge in [-0.2, -0.15) is 0 Å². The Kier molecular flexibility index (Phi) is 8.05. The Morgan fingerprint density at radius 2 is 1.75 bits per heavy atom. The van der Waals surface area contributed by atoms with Crippen molar-refractivity contribution >= 4 is 11.9 Å². The number of benzene rings is 1. The summed E-state index contributed by atoms with van der Waals surface area (Å²) >= 11 is 0. The first-order valence-corrected chi connectivity index (χ1v) is 10.2. The van der Waals surface area contributed by atoms with Crippen molar-refractivity contribution in [3.63, 3.8) is 0 Å². The first-order valence-electron chi connectivity index (χ1n) is 10.2. The molecule has 1 saturated carbocycles. The molecule has 0 amide bonds. The van der Waals surface area contributed by atoms with Gasteiger partial charge < -0.3 is 14.2 Å². The van der Waals surface area contributed by atoms with Gasteiger partial charge in [0, 0.05) is 13.7 Å². The molecule has 0 spiro atoms. The van der Waals surface area contributed by atoms with Crippen LogP contribution in [0.25, 0.3) is 0 Å². The smallest absolute Gasteiger partial charge is 0.312 e. The predicted molar refractivity (Wildman–Crippen MR) is 108 cm³/mol. The third-order valence-corrected chi connectivity index (χ3v) is 5.25. The Labute approximate surface area is 168 Å². The van der Waals surface area contributed by atoms with E-state index in [-0.39, 0.29) is 24.5 Å². The number of esters is 2. The van der Waals surface area contributed by atoms with E-state index in [2.05, 4.69) is 0 Å². The van der Waals surface area contributed by atoms with Crippen molar-refractivity contribution in [1.82, 2.24) is 0 Å². The van der Waals surface area contributed by atoms with Gasteiger partial charge in [0.2, 0.25) is 0 Å². The third-order valence-electron chi connectivity index (χ3n) is 5.25. The van der Waals surface area contributed by atoms with E-state index >= 15 is 0 Å². The van der Waals surface area contributed by atoms with Gasteiger partial charge in [0.1, 0.15) is 12.2 Å². The van der Waals surface area contributed by atoms with E-state index in [1.807, 2.05) is 51.1 Å². The lowest BCUT2D eigenvalue weighted by molar-refractivity contribution is -0.166. The molecule has 1 aliphatic rings. The molecule has 0 heterocycles. The molecule has 1 unspecified atom stereocenters. The maximum atomic E-state index is 13.1. The van der Waals surface area contributed by atoms with Crippen LogP contribution in [0.2, 0.25) is 0 Å². The van der Waals surface area contributed by atoms with Crippen molar-refractivity contribution < 1.29 is 23.8 Å². The van der Waals surface area contributed by atoms with Crippen LogP contribution in [-0.2, 0) is 30.4 Å². The molecule has 0 bridgehead atoms. The number of rotatable bonds is 9. The topological polar surface area (TPSA) is 61.8 Å². The third kappa shape index (κ3) is 6.62. The second-order valence-electron chi connectivity index (χ2n) is 8.77. The van der Waals surface area contributed by atoms with Gasteiger partial charge in [-0.1, -0.05) is 43.2 Å². The highest BCUT2D eigenvalue weighted by Gasteiger charge is 2.46. The van der Waals surface area contributed by atoms with Crippen LogP contribution in [0.4, 0.5) is 0 Å². The number of hydrogen-bond acceptors (Lipinski definition) is 5. The Balaban J connectivity index is 2.09. The summed E-state index contributed by atoms with van der Waals surface area (Å²) in [5, 5.41) is 0. The summed E-state index contributed by atoms with van der Waals surface area (Å²) in [6.07, 6.45) is 4.47. The quantitative estimate of drug-likeness (QED) is 0.573. The summed E-state index contributed by atoms with van der Waals surface area (Å²) in [5.74, 6) is -0.826. The number of carbonyl (C=O) groups excluding carboxylic acids is 2. The number of methoxy groups -OCH3 is 1. The minimum Gasteiger partial charge on any atom is -0.460 e. The summed E-state index contributed by atoms with van der Waals surface area (Å²) in [7, 11) is 1.62. The van der Waals surface area contributed by atoms with Gasteiger partial charge in [-0.05, 0) is 52.0 Å². The highest BCUT2D eigenvalue weighted by molar-refractivity contribution is 5.79. The van der Waals surface area contributed by atoms with E-state index in [0.717, 1.165) is 31.2 Å². The molecule has 5 nitrogen and oxygen atoms in total. The fraction of sp³-hybridized carbons (Fsp3) is 0.652. The van der Waals surface area contributed by atoms with Crippen molar-refractivity contribution in [3.05, 3.63) is 35.9 Å². The Hall–Kier alpha value is -1.88. The molecule has 1 aromatic rings. The summed E-state index contributed by atoms with van der Waals surface area (Å²) in [6.45, 7) is 6.29. The molecular weight excluding hydrogens is 356 g/mol. The lowest BCUT2D eigenvalue weighted by Crippen LogP contribution is -2.37. The second kappa shape index (κ2) is 10.1.